The van der Waals surface area contributed by atoms with E-state index in [4.69, 9.17) is 4.74 Å². The number of hydrogen-bond acceptors (Lipinski definition) is 2. The van der Waals surface area contributed by atoms with Gasteiger partial charge in [0.1, 0.15) is 17.2 Å². The molecule has 3 nitrogen and oxygen atoms in total. The Morgan fingerprint density at radius 2 is 1.70 bits per heavy atom. The fourth-order valence-electron chi connectivity index (χ4n) is 2.08. The van der Waals surface area contributed by atoms with Crippen LogP contribution in [0.4, 0.5) is 8.78 Å². The minimum atomic E-state index is -0.874. The van der Waals surface area contributed by atoms with Crippen molar-refractivity contribution >= 4 is 5.91 Å². The molecule has 0 radical (unpaired) electrons. The molecular weight excluding hydrogens is 300 g/mol. The second kappa shape index (κ2) is 7.83. The highest BCUT2D eigenvalue weighted by molar-refractivity contribution is 5.94. The maximum Gasteiger partial charge on any atom is 0.257 e. The normalized spacial score (nSPS) is 10.8. The first-order chi connectivity index (χ1) is 11.0. The molecule has 0 spiro atoms. The summed E-state index contributed by atoms with van der Waals surface area (Å²) in [5.74, 6) is -2.52. The standard InChI is InChI=1S/C18H19F2NO2/c1-12(2)23-11-14-6-3-5-13(9-14)10-21-18(22)17-15(19)7-4-8-16(17)20/h3-9,12H,10-11H2,1-2H3,(H,21,22). The van der Waals surface area contributed by atoms with E-state index in [0.717, 1.165) is 23.3 Å². The van der Waals surface area contributed by atoms with Gasteiger partial charge in [-0.05, 0) is 37.1 Å². The molecular formula is C18H19F2NO2. The number of carbonyl (C=O) groups is 1. The third-order valence-corrected chi connectivity index (χ3v) is 3.22. The summed E-state index contributed by atoms with van der Waals surface area (Å²) in [5.41, 5.74) is 1.24. The van der Waals surface area contributed by atoms with Crippen LogP contribution in [0.15, 0.2) is 42.5 Å². The number of nitrogens with one attached hydrogen (secondary N) is 1. The lowest BCUT2D eigenvalue weighted by Crippen LogP contribution is -2.25. The minimum Gasteiger partial charge on any atom is -0.374 e. The van der Waals surface area contributed by atoms with Crippen molar-refractivity contribution in [2.75, 3.05) is 0 Å². The Hall–Kier alpha value is -2.27. The molecule has 2 aromatic rings. The van der Waals surface area contributed by atoms with Gasteiger partial charge in [-0.2, -0.15) is 0 Å². The number of rotatable bonds is 6. The lowest BCUT2D eigenvalue weighted by Gasteiger charge is -2.10. The van der Waals surface area contributed by atoms with Crippen molar-refractivity contribution in [3.63, 3.8) is 0 Å². The molecule has 0 saturated heterocycles. The fraction of sp³-hybridized carbons (Fsp3) is 0.278. The number of hydrogen-bond donors (Lipinski definition) is 1. The lowest BCUT2D eigenvalue weighted by atomic mass is 10.1. The monoisotopic (exact) mass is 319 g/mol. The van der Waals surface area contributed by atoms with Gasteiger partial charge in [0, 0.05) is 6.54 Å². The summed E-state index contributed by atoms with van der Waals surface area (Å²) < 4.78 is 32.6. The Kier molecular flexibility index (Phi) is 5.82. The molecule has 122 valence electrons. The van der Waals surface area contributed by atoms with E-state index in [1.54, 1.807) is 0 Å². The van der Waals surface area contributed by atoms with Crippen LogP contribution in [0.3, 0.4) is 0 Å². The molecule has 1 amide bonds. The van der Waals surface area contributed by atoms with Gasteiger partial charge in [0.2, 0.25) is 0 Å². The van der Waals surface area contributed by atoms with Crippen LogP contribution in [0.1, 0.15) is 35.3 Å². The Morgan fingerprint density at radius 3 is 2.35 bits per heavy atom. The molecule has 0 aliphatic carbocycles. The van der Waals surface area contributed by atoms with Crippen LogP contribution < -0.4 is 5.32 Å². The van der Waals surface area contributed by atoms with Gasteiger partial charge in [-0.25, -0.2) is 8.78 Å². The van der Waals surface area contributed by atoms with Crippen LogP contribution in [-0.4, -0.2) is 12.0 Å². The van der Waals surface area contributed by atoms with Crippen molar-refractivity contribution in [3.8, 4) is 0 Å². The zero-order valence-corrected chi connectivity index (χ0v) is 13.1. The summed E-state index contributed by atoms with van der Waals surface area (Å²) in [6.45, 7) is 4.56. The summed E-state index contributed by atoms with van der Waals surface area (Å²) in [4.78, 5) is 11.9. The number of halogens is 2. The highest BCUT2D eigenvalue weighted by atomic mass is 19.1. The maximum atomic E-state index is 13.5. The first-order valence-electron chi connectivity index (χ1n) is 7.39. The van der Waals surface area contributed by atoms with E-state index in [-0.39, 0.29) is 12.6 Å². The molecule has 0 unspecified atom stereocenters. The molecule has 0 fully saturated rings. The average Bonchev–Trinajstić information content (AvgIpc) is 2.51. The van der Waals surface area contributed by atoms with Crippen molar-refractivity contribution in [1.29, 1.82) is 0 Å². The maximum absolute atomic E-state index is 13.5. The van der Waals surface area contributed by atoms with Gasteiger partial charge >= 0.3 is 0 Å². The van der Waals surface area contributed by atoms with Crippen molar-refractivity contribution in [1.82, 2.24) is 5.32 Å². The van der Waals surface area contributed by atoms with Crippen LogP contribution >= 0.6 is 0 Å². The predicted molar refractivity (Wildman–Crippen MR) is 83.9 cm³/mol. The minimum absolute atomic E-state index is 0.127. The molecule has 2 rings (SSSR count). The van der Waals surface area contributed by atoms with Gasteiger partial charge in [-0.3, -0.25) is 4.79 Å². The van der Waals surface area contributed by atoms with Crippen molar-refractivity contribution in [2.24, 2.45) is 0 Å². The van der Waals surface area contributed by atoms with Gasteiger partial charge in [0.25, 0.3) is 5.91 Å². The third kappa shape index (κ3) is 4.86. The number of carbonyl (C=O) groups excluding carboxylic acids is 1. The van der Waals surface area contributed by atoms with E-state index >= 15 is 0 Å². The van der Waals surface area contributed by atoms with Crippen molar-refractivity contribution in [3.05, 3.63) is 70.8 Å². The molecule has 5 heteroatoms. The number of ether oxygens (including phenoxy) is 1. The Bertz CT molecular complexity index is 666. The highest BCUT2D eigenvalue weighted by Gasteiger charge is 2.16. The van der Waals surface area contributed by atoms with Gasteiger partial charge < -0.3 is 10.1 Å². The largest absolute Gasteiger partial charge is 0.374 e. The van der Waals surface area contributed by atoms with E-state index in [9.17, 15) is 13.6 Å². The topological polar surface area (TPSA) is 38.3 Å². The first-order valence-corrected chi connectivity index (χ1v) is 7.39. The first kappa shape index (κ1) is 17.1. The zero-order valence-electron chi connectivity index (χ0n) is 13.1. The van der Waals surface area contributed by atoms with Gasteiger partial charge in [0.05, 0.1) is 12.7 Å². The van der Waals surface area contributed by atoms with Crippen LogP contribution in [-0.2, 0) is 17.9 Å². The molecule has 1 N–H and O–H groups in total. The lowest BCUT2D eigenvalue weighted by molar-refractivity contribution is 0.0657. The summed E-state index contributed by atoms with van der Waals surface area (Å²) in [6, 6.07) is 10.8. The van der Waals surface area contributed by atoms with Crippen LogP contribution in [0, 0.1) is 11.6 Å². The molecule has 0 atom stereocenters. The predicted octanol–water partition coefficient (Wildman–Crippen LogP) is 3.82. The second-order valence-electron chi connectivity index (χ2n) is 5.46. The molecule has 23 heavy (non-hydrogen) atoms. The van der Waals surface area contributed by atoms with Crippen LogP contribution in [0.25, 0.3) is 0 Å². The van der Waals surface area contributed by atoms with Gasteiger partial charge in [-0.1, -0.05) is 30.3 Å². The van der Waals surface area contributed by atoms with E-state index in [0.29, 0.717) is 6.61 Å². The Labute approximate surface area is 134 Å². The Morgan fingerprint density at radius 1 is 1.09 bits per heavy atom. The quantitative estimate of drug-likeness (QED) is 0.879. The summed E-state index contributed by atoms with van der Waals surface area (Å²) in [6.07, 6.45) is 0.127. The number of benzene rings is 2. The van der Waals surface area contributed by atoms with Crippen molar-refractivity contribution in [2.45, 2.75) is 33.1 Å². The highest BCUT2D eigenvalue weighted by Crippen LogP contribution is 2.13. The summed E-state index contributed by atoms with van der Waals surface area (Å²) >= 11 is 0. The van der Waals surface area contributed by atoms with Gasteiger partial charge in [-0.15, -0.1) is 0 Å². The molecule has 2 aromatic carbocycles. The molecule has 0 aliphatic rings. The van der Waals surface area contributed by atoms with E-state index < -0.39 is 23.1 Å². The smallest absolute Gasteiger partial charge is 0.257 e. The molecule has 0 aliphatic heterocycles. The van der Waals surface area contributed by atoms with Gasteiger partial charge in [0.15, 0.2) is 0 Å². The van der Waals surface area contributed by atoms with E-state index in [1.165, 1.54) is 6.07 Å². The molecule has 0 aromatic heterocycles. The number of amides is 1. The van der Waals surface area contributed by atoms with E-state index in [1.807, 2.05) is 38.1 Å². The third-order valence-electron chi connectivity index (χ3n) is 3.22. The fourth-order valence-corrected chi connectivity index (χ4v) is 2.08. The summed E-state index contributed by atoms with van der Waals surface area (Å²) in [7, 11) is 0. The molecule has 0 bridgehead atoms. The average molecular weight is 319 g/mol. The van der Waals surface area contributed by atoms with Crippen molar-refractivity contribution < 1.29 is 18.3 Å². The van der Waals surface area contributed by atoms with E-state index in [2.05, 4.69) is 5.32 Å². The second-order valence-corrected chi connectivity index (χ2v) is 5.46. The van der Waals surface area contributed by atoms with Crippen LogP contribution in [0.2, 0.25) is 0 Å². The molecule has 0 saturated carbocycles. The summed E-state index contributed by atoms with van der Waals surface area (Å²) in [5, 5.41) is 2.53. The molecule has 0 heterocycles. The SMILES string of the molecule is CC(C)OCc1cccc(CNC(=O)c2c(F)cccc2F)c1. The Balaban J connectivity index is 2.00. The zero-order chi connectivity index (χ0) is 16.8. The van der Waals surface area contributed by atoms with Crippen LogP contribution in [0.5, 0.6) is 0 Å².